The molecular weight excluding hydrogens is 323 g/mol. The van der Waals surface area contributed by atoms with Crippen LogP contribution in [0.1, 0.15) is 21.6 Å². The van der Waals surface area contributed by atoms with E-state index >= 15 is 0 Å². The number of H-pyrrole nitrogens is 1. The molecule has 0 saturated carbocycles. The van der Waals surface area contributed by atoms with E-state index in [9.17, 15) is 18.0 Å². The van der Waals surface area contributed by atoms with Gasteiger partial charge in [-0.25, -0.2) is 4.98 Å². The van der Waals surface area contributed by atoms with Gasteiger partial charge in [0, 0.05) is 18.1 Å². The first kappa shape index (κ1) is 15.8. The lowest BCUT2D eigenvalue weighted by atomic mass is 10.1. The quantitative estimate of drug-likeness (QED) is 0.685. The normalized spacial score (nSPS) is 11.6. The number of hydrogen-bond acceptors (Lipinski definition) is 4. The first-order chi connectivity index (χ1) is 11.3. The second kappa shape index (κ2) is 5.84. The van der Waals surface area contributed by atoms with Gasteiger partial charge in [0.15, 0.2) is 5.69 Å². The van der Waals surface area contributed by atoms with E-state index in [0.717, 1.165) is 16.5 Å². The number of hydrogen-bond donors (Lipinski definition) is 3. The van der Waals surface area contributed by atoms with Crippen molar-refractivity contribution in [2.75, 3.05) is 5.73 Å². The van der Waals surface area contributed by atoms with Gasteiger partial charge in [-0.2, -0.15) is 18.3 Å². The number of nitrogens with zero attached hydrogens (tertiary/aromatic N) is 2. The molecule has 1 aromatic carbocycles. The summed E-state index contributed by atoms with van der Waals surface area (Å²) in [5.41, 5.74) is 5.55. The van der Waals surface area contributed by atoms with Crippen LogP contribution in [-0.4, -0.2) is 21.1 Å². The van der Waals surface area contributed by atoms with Gasteiger partial charge < -0.3 is 11.1 Å². The highest BCUT2D eigenvalue weighted by atomic mass is 19.4. The number of amides is 1. The maximum Gasteiger partial charge on any atom is 0.417 e. The van der Waals surface area contributed by atoms with Gasteiger partial charge in [0.2, 0.25) is 0 Å². The summed E-state index contributed by atoms with van der Waals surface area (Å²) in [6, 6.07) is 6.15. The van der Waals surface area contributed by atoms with E-state index in [1.165, 1.54) is 0 Å². The van der Waals surface area contributed by atoms with Crippen LogP contribution in [0.4, 0.5) is 18.9 Å². The topological polar surface area (TPSA) is 96.7 Å². The second-order valence-corrected chi connectivity index (χ2v) is 5.13. The molecule has 0 bridgehead atoms. The lowest BCUT2D eigenvalue weighted by Gasteiger charge is -2.10. The smallest absolute Gasteiger partial charge is 0.397 e. The Bertz CT molecular complexity index is 904. The molecule has 3 aromatic rings. The highest BCUT2D eigenvalue weighted by molar-refractivity contribution is 5.97. The maximum absolute atomic E-state index is 12.6. The van der Waals surface area contributed by atoms with Crippen LogP contribution < -0.4 is 11.1 Å². The number of nitrogens with two attached hydrogens (primary N) is 1. The number of carbonyl (C=O) groups is 1. The molecule has 4 N–H and O–H groups in total. The van der Waals surface area contributed by atoms with E-state index < -0.39 is 17.6 Å². The number of carbonyl (C=O) groups excluding carboxylic acids is 1. The molecule has 0 spiro atoms. The van der Waals surface area contributed by atoms with Crippen molar-refractivity contribution in [1.29, 1.82) is 0 Å². The minimum atomic E-state index is -4.56. The first-order valence-electron chi connectivity index (χ1n) is 6.87. The molecule has 24 heavy (non-hydrogen) atoms. The number of fused-ring (bicyclic) bond motifs is 1. The highest BCUT2D eigenvalue weighted by Gasteiger charge is 2.32. The Morgan fingerprint density at radius 2 is 2.04 bits per heavy atom. The summed E-state index contributed by atoms with van der Waals surface area (Å²) in [7, 11) is 0. The Morgan fingerprint density at radius 3 is 2.75 bits per heavy atom. The number of nitrogen functional groups attached to an aromatic ring is 1. The monoisotopic (exact) mass is 335 g/mol. The van der Waals surface area contributed by atoms with Crippen molar-refractivity contribution in [2.45, 2.75) is 12.7 Å². The number of pyridine rings is 1. The number of anilines is 1. The molecule has 124 valence electrons. The number of aromatic amines is 1. The molecule has 2 aromatic heterocycles. The summed E-state index contributed by atoms with van der Waals surface area (Å²) in [6.45, 7) is 0.177. The number of nitrogens with one attached hydrogen (secondary N) is 2. The third kappa shape index (κ3) is 3.14. The fourth-order valence-electron chi connectivity index (χ4n) is 2.19. The first-order valence-corrected chi connectivity index (χ1v) is 6.87. The van der Waals surface area contributed by atoms with Gasteiger partial charge in [-0.3, -0.25) is 9.89 Å². The predicted octanol–water partition coefficient (Wildman–Crippen LogP) is 2.49. The van der Waals surface area contributed by atoms with Crippen molar-refractivity contribution in [3.05, 3.63) is 53.5 Å². The Morgan fingerprint density at radius 1 is 1.25 bits per heavy atom. The molecule has 0 radical (unpaired) electrons. The number of alkyl halides is 3. The van der Waals surface area contributed by atoms with Crippen molar-refractivity contribution in [2.24, 2.45) is 0 Å². The van der Waals surface area contributed by atoms with Gasteiger partial charge in [0.25, 0.3) is 5.91 Å². The zero-order valence-corrected chi connectivity index (χ0v) is 12.2. The van der Waals surface area contributed by atoms with Crippen LogP contribution in [0.25, 0.3) is 10.9 Å². The molecule has 0 aliphatic carbocycles. The van der Waals surface area contributed by atoms with E-state index in [1.807, 2.05) is 18.2 Å². The summed E-state index contributed by atoms with van der Waals surface area (Å²) in [5, 5.41) is 10.2. The lowest BCUT2D eigenvalue weighted by molar-refractivity contribution is -0.137. The molecule has 0 aliphatic heterocycles. The third-order valence-corrected chi connectivity index (χ3v) is 3.42. The Hall–Kier alpha value is -3.10. The van der Waals surface area contributed by atoms with E-state index in [2.05, 4.69) is 20.5 Å². The van der Waals surface area contributed by atoms with Crippen LogP contribution in [0.5, 0.6) is 0 Å². The van der Waals surface area contributed by atoms with E-state index in [4.69, 9.17) is 5.73 Å². The van der Waals surface area contributed by atoms with Crippen LogP contribution in [0.2, 0.25) is 0 Å². The van der Waals surface area contributed by atoms with Gasteiger partial charge >= 0.3 is 6.18 Å². The van der Waals surface area contributed by atoms with Crippen molar-refractivity contribution >= 4 is 22.5 Å². The van der Waals surface area contributed by atoms with E-state index in [0.29, 0.717) is 12.3 Å². The standard InChI is InChI=1S/C15H12F3N5O/c16-15(17,18)10-4-11(19)13(20-7-10)14(24)21-5-8-1-2-9-6-22-23-12(9)3-8/h1-4,6-7H,5,19H2,(H,21,24)(H,22,23). The number of halogens is 3. The SMILES string of the molecule is Nc1cc(C(F)(F)F)cnc1C(=O)NCc1ccc2cn[nH]c2c1. The number of benzene rings is 1. The molecule has 0 fully saturated rings. The molecule has 6 nitrogen and oxygen atoms in total. The summed E-state index contributed by atoms with van der Waals surface area (Å²) >= 11 is 0. The van der Waals surface area contributed by atoms with Crippen molar-refractivity contribution in [1.82, 2.24) is 20.5 Å². The second-order valence-electron chi connectivity index (χ2n) is 5.13. The molecule has 3 rings (SSSR count). The minimum absolute atomic E-state index is 0.177. The zero-order valence-electron chi connectivity index (χ0n) is 12.2. The summed E-state index contributed by atoms with van der Waals surface area (Å²) < 4.78 is 37.7. The molecule has 0 saturated heterocycles. The molecule has 1 amide bonds. The molecule has 0 atom stereocenters. The van der Waals surface area contributed by atoms with Gasteiger partial charge in [0.05, 0.1) is 23.0 Å². The van der Waals surface area contributed by atoms with Crippen molar-refractivity contribution in [3.63, 3.8) is 0 Å². The van der Waals surface area contributed by atoms with Gasteiger partial charge in [-0.1, -0.05) is 12.1 Å². The van der Waals surface area contributed by atoms with Crippen LogP contribution in [0.3, 0.4) is 0 Å². The molecule has 0 unspecified atom stereocenters. The van der Waals surface area contributed by atoms with Crippen LogP contribution in [0, 0.1) is 0 Å². The predicted molar refractivity (Wildman–Crippen MR) is 80.9 cm³/mol. The average Bonchev–Trinajstić information content (AvgIpc) is 2.99. The molecule has 0 aliphatic rings. The fourth-order valence-corrected chi connectivity index (χ4v) is 2.19. The van der Waals surface area contributed by atoms with Gasteiger partial charge in [-0.15, -0.1) is 0 Å². The van der Waals surface area contributed by atoms with Crippen molar-refractivity contribution in [3.8, 4) is 0 Å². The van der Waals surface area contributed by atoms with Gasteiger partial charge in [0.1, 0.15) is 0 Å². The number of aromatic nitrogens is 3. The average molecular weight is 335 g/mol. The van der Waals surface area contributed by atoms with Gasteiger partial charge in [-0.05, 0) is 17.7 Å². The third-order valence-electron chi connectivity index (χ3n) is 3.42. The zero-order chi connectivity index (χ0) is 17.3. The molecule has 2 heterocycles. The molecule has 9 heteroatoms. The summed E-state index contributed by atoms with van der Waals surface area (Å²) in [6.07, 6.45) is -2.30. The Labute approximate surface area is 133 Å². The minimum Gasteiger partial charge on any atom is -0.397 e. The molecular formula is C15H12F3N5O. The number of rotatable bonds is 3. The van der Waals surface area contributed by atoms with Crippen LogP contribution in [-0.2, 0) is 12.7 Å². The largest absolute Gasteiger partial charge is 0.417 e. The Balaban J connectivity index is 1.72. The fraction of sp³-hybridized carbons (Fsp3) is 0.133. The Kier molecular flexibility index (Phi) is 3.84. The van der Waals surface area contributed by atoms with Crippen molar-refractivity contribution < 1.29 is 18.0 Å². The van der Waals surface area contributed by atoms with E-state index in [1.54, 1.807) is 6.20 Å². The summed E-state index contributed by atoms with van der Waals surface area (Å²) in [4.78, 5) is 15.6. The van der Waals surface area contributed by atoms with Crippen LogP contribution >= 0.6 is 0 Å². The lowest BCUT2D eigenvalue weighted by Crippen LogP contribution is -2.25. The maximum atomic E-state index is 12.6. The highest BCUT2D eigenvalue weighted by Crippen LogP contribution is 2.30. The van der Waals surface area contributed by atoms with Crippen LogP contribution in [0.15, 0.2) is 36.7 Å². The summed E-state index contributed by atoms with van der Waals surface area (Å²) in [5.74, 6) is -0.647. The van der Waals surface area contributed by atoms with E-state index in [-0.39, 0.29) is 17.9 Å².